The van der Waals surface area contributed by atoms with Crippen LogP contribution in [0.5, 0.6) is 0 Å². The highest BCUT2D eigenvalue weighted by atomic mass is 16.2. The third kappa shape index (κ3) is 3.45. The number of benzene rings is 1. The van der Waals surface area contributed by atoms with Gasteiger partial charge in [0.25, 0.3) is 0 Å². The van der Waals surface area contributed by atoms with E-state index in [4.69, 9.17) is 0 Å². The Balaban J connectivity index is 1.79. The molecule has 0 spiro atoms. The maximum absolute atomic E-state index is 13.1. The molecule has 1 unspecified atom stereocenters. The second-order valence-electron chi connectivity index (χ2n) is 7.48. The van der Waals surface area contributed by atoms with Gasteiger partial charge in [0.2, 0.25) is 5.91 Å². The minimum atomic E-state index is 0.269. The summed E-state index contributed by atoms with van der Waals surface area (Å²) < 4.78 is 0. The lowest BCUT2D eigenvalue weighted by molar-refractivity contribution is -0.121. The molecule has 126 valence electrons. The van der Waals surface area contributed by atoms with Crippen molar-refractivity contribution in [3.8, 4) is 0 Å². The molecule has 1 aliphatic carbocycles. The van der Waals surface area contributed by atoms with Crippen LogP contribution in [0.3, 0.4) is 0 Å². The molecule has 1 amide bonds. The molecule has 0 bridgehead atoms. The molecule has 1 aromatic carbocycles. The van der Waals surface area contributed by atoms with E-state index in [-0.39, 0.29) is 5.91 Å². The third-order valence-electron chi connectivity index (χ3n) is 5.57. The van der Waals surface area contributed by atoms with Gasteiger partial charge in [0.05, 0.1) is 6.54 Å². The van der Waals surface area contributed by atoms with E-state index >= 15 is 0 Å². The van der Waals surface area contributed by atoms with Gasteiger partial charge in [0, 0.05) is 23.8 Å². The zero-order chi connectivity index (χ0) is 16.4. The number of amides is 1. The summed E-state index contributed by atoms with van der Waals surface area (Å²) in [6.45, 7) is 7.18. The van der Waals surface area contributed by atoms with Gasteiger partial charge in [-0.05, 0) is 58.1 Å². The predicted molar refractivity (Wildman–Crippen MR) is 95.8 cm³/mol. The molecule has 1 aromatic rings. The van der Waals surface area contributed by atoms with Crippen molar-refractivity contribution in [2.24, 2.45) is 0 Å². The molecule has 3 rings (SSSR count). The second-order valence-corrected chi connectivity index (χ2v) is 7.48. The molecule has 1 heterocycles. The number of hydrogen-bond donors (Lipinski definition) is 0. The number of fused-ring (bicyclic) bond motifs is 1. The third-order valence-corrected chi connectivity index (χ3v) is 5.57. The Morgan fingerprint density at radius 1 is 1.22 bits per heavy atom. The summed E-state index contributed by atoms with van der Waals surface area (Å²) >= 11 is 0. The Hall–Kier alpha value is -1.35. The van der Waals surface area contributed by atoms with Crippen LogP contribution < -0.4 is 4.90 Å². The van der Waals surface area contributed by atoms with Gasteiger partial charge in [-0.15, -0.1) is 0 Å². The van der Waals surface area contributed by atoms with E-state index in [1.54, 1.807) is 0 Å². The average Bonchev–Trinajstić information content (AvgIpc) is 3.06. The number of carbonyl (C=O) groups is 1. The van der Waals surface area contributed by atoms with Crippen LogP contribution in [0.2, 0.25) is 0 Å². The summed E-state index contributed by atoms with van der Waals surface area (Å²) in [6, 6.07) is 9.73. The minimum absolute atomic E-state index is 0.269. The van der Waals surface area contributed by atoms with Gasteiger partial charge >= 0.3 is 0 Å². The molecule has 0 N–H and O–H groups in total. The second kappa shape index (κ2) is 7.04. The molecular weight excluding hydrogens is 284 g/mol. The van der Waals surface area contributed by atoms with E-state index < -0.39 is 0 Å². The van der Waals surface area contributed by atoms with Gasteiger partial charge in [-0.3, -0.25) is 9.69 Å². The predicted octanol–water partition coefficient (Wildman–Crippen LogP) is 4.01. The monoisotopic (exact) mass is 314 g/mol. The molecule has 0 radical (unpaired) electrons. The van der Waals surface area contributed by atoms with E-state index in [2.05, 4.69) is 48.8 Å². The van der Waals surface area contributed by atoms with Gasteiger partial charge < -0.3 is 4.90 Å². The van der Waals surface area contributed by atoms with Crippen LogP contribution in [0, 0.1) is 0 Å². The first-order valence-electron chi connectivity index (χ1n) is 9.23. The molecule has 2 aliphatic rings. The highest BCUT2D eigenvalue weighted by molar-refractivity contribution is 5.96. The van der Waals surface area contributed by atoms with Crippen molar-refractivity contribution in [1.82, 2.24) is 4.90 Å². The Kier molecular flexibility index (Phi) is 5.05. The minimum Gasteiger partial charge on any atom is -0.308 e. The smallest absolute Gasteiger partial charge is 0.241 e. The maximum atomic E-state index is 13.1. The molecule has 3 nitrogen and oxygen atoms in total. The molecule has 1 saturated carbocycles. The number of nitrogens with zero attached hydrogens (tertiary/aromatic N) is 2. The molecule has 0 saturated heterocycles. The van der Waals surface area contributed by atoms with Crippen LogP contribution in [0.15, 0.2) is 24.3 Å². The first-order chi connectivity index (χ1) is 11.1. The number of anilines is 1. The number of para-hydroxylation sites is 1. The summed E-state index contributed by atoms with van der Waals surface area (Å²) in [4.78, 5) is 17.6. The van der Waals surface area contributed by atoms with Crippen LogP contribution >= 0.6 is 0 Å². The fourth-order valence-electron chi connectivity index (χ4n) is 4.27. The Morgan fingerprint density at radius 3 is 2.61 bits per heavy atom. The SMILES string of the molecule is CC1CCc2ccccc2N1C(=O)CN(C(C)C)C1CCCC1. The highest BCUT2D eigenvalue weighted by Crippen LogP contribution is 2.31. The van der Waals surface area contributed by atoms with Crippen LogP contribution in [0.25, 0.3) is 0 Å². The van der Waals surface area contributed by atoms with E-state index in [1.165, 1.54) is 31.2 Å². The van der Waals surface area contributed by atoms with Crippen molar-refractivity contribution in [1.29, 1.82) is 0 Å². The Morgan fingerprint density at radius 2 is 1.91 bits per heavy atom. The van der Waals surface area contributed by atoms with Gasteiger partial charge in [0.15, 0.2) is 0 Å². The lowest BCUT2D eigenvalue weighted by Crippen LogP contribution is -2.50. The van der Waals surface area contributed by atoms with Gasteiger partial charge in [-0.1, -0.05) is 31.0 Å². The largest absolute Gasteiger partial charge is 0.308 e. The van der Waals surface area contributed by atoms with Crippen molar-refractivity contribution in [2.75, 3.05) is 11.4 Å². The topological polar surface area (TPSA) is 23.6 Å². The van der Waals surface area contributed by atoms with Gasteiger partial charge in [-0.2, -0.15) is 0 Å². The fraction of sp³-hybridized carbons (Fsp3) is 0.650. The van der Waals surface area contributed by atoms with Crippen LogP contribution in [0.4, 0.5) is 5.69 Å². The summed E-state index contributed by atoms with van der Waals surface area (Å²) in [6.07, 6.45) is 7.26. The van der Waals surface area contributed by atoms with Crippen molar-refractivity contribution in [2.45, 2.75) is 77.4 Å². The van der Waals surface area contributed by atoms with Gasteiger partial charge in [-0.25, -0.2) is 0 Å². The first kappa shape index (κ1) is 16.5. The lowest BCUT2D eigenvalue weighted by atomic mass is 9.96. The van der Waals surface area contributed by atoms with Gasteiger partial charge in [0.1, 0.15) is 0 Å². The molecular formula is C20H30N2O. The Bertz CT molecular complexity index is 548. The number of aryl methyl sites for hydroxylation is 1. The number of carbonyl (C=O) groups excluding carboxylic acids is 1. The molecule has 1 aliphatic heterocycles. The summed E-state index contributed by atoms with van der Waals surface area (Å²) in [5, 5.41) is 0. The number of hydrogen-bond acceptors (Lipinski definition) is 2. The molecule has 23 heavy (non-hydrogen) atoms. The standard InChI is InChI=1S/C20H30N2O/c1-15(2)21(18-9-5-6-10-18)14-20(23)22-16(3)12-13-17-8-4-7-11-19(17)22/h4,7-8,11,15-16,18H,5-6,9-10,12-14H2,1-3H3. The molecule has 0 aromatic heterocycles. The van der Waals surface area contributed by atoms with Crippen LogP contribution in [-0.4, -0.2) is 35.5 Å². The van der Waals surface area contributed by atoms with E-state index in [1.807, 2.05) is 6.07 Å². The Labute approximate surface area is 140 Å². The van der Waals surface area contributed by atoms with Crippen molar-refractivity contribution in [3.63, 3.8) is 0 Å². The summed E-state index contributed by atoms with van der Waals surface area (Å²) in [5.74, 6) is 0.269. The van der Waals surface area contributed by atoms with Crippen LogP contribution in [-0.2, 0) is 11.2 Å². The summed E-state index contributed by atoms with van der Waals surface area (Å²) in [7, 11) is 0. The molecule has 1 atom stereocenters. The highest BCUT2D eigenvalue weighted by Gasteiger charge is 2.32. The van der Waals surface area contributed by atoms with Crippen molar-refractivity contribution >= 4 is 11.6 Å². The van der Waals surface area contributed by atoms with E-state index in [0.717, 1.165) is 18.5 Å². The molecule has 1 fully saturated rings. The van der Waals surface area contributed by atoms with E-state index in [9.17, 15) is 4.79 Å². The van der Waals surface area contributed by atoms with Crippen LogP contribution in [0.1, 0.15) is 58.4 Å². The quantitative estimate of drug-likeness (QED) is 0.838. The first-order valence-corrected chi connectivity index (χ1v) is 9.23. The maximum Gasteiger partial charge on any atom is 0.241 e. The van der Waals surface area contributed by atoms with E-state index in [0.29, 0.717) is 24.7 Å². The number of rotatable bonds is 4. The zero-order valence-corrected chi connectivity index (χ0v) is 14.8. The van der Waals surface area contributed by atoms with Crippen molar-refractivity contribution < 1.29 is 4.79 Å². The average molecular weight is 314 g/mol. The fourth-order valence-corrected chi connectivity index (χ4v) is 4.27. The molecule has 3 heteroatoms. The summed E-state index contributed by atoms with van der Waals surface area (Å²) in [5.41, 5.74) is 2.45. The van der Waals surface area contributed by atoms with Crippen molar-refractivity contribution in [3.05, 3.63) is 29.8 Å². The normalized spacial score (nSPS) is 22.0. The lowest BCUT2D eigenvalue weighted by Gasteiger charge is -2.39. The zero-order valence-electron chi connectivity index (χ0n) is 14.8.